The van der Waals surface area contributed by atoms with Gasteiger partial charge in [0.2, 0.25) is 0 Å². The SMILES string of the molecule is CCOC(=O)c1cncc(C=NN)c1. The number of esters is 1. The van der Waals surface area contributed by atoms with Gasteiger partial charge in [0.05, 0.1) is 18.4 Å². The predicted molar refractivity (Wildman–Crippen MR) is 52.0 cm³/mol. The van der Waals surface area contributed by atoms with E-state index in [1.165, 1.54) is 12.4 Å². The fourth-order valence-electron chi connectivity index (χ4n) is 0.940. The van der Waals surface area contributed by atoms with Crippen LogP contribution >= 0.6 is 0 Å². The monoisotopic (exact) mass is 193 g/mol. The van der Waals surface area contributed by atoms with Crippen molar-refractivity contribution in [1.29, 1.82) is 0 Å². The average Bonchev–Trinajstić information content (AvgIpc) is 2.19. The molecular formula is C9H11N3O2. The third-order valence-corrected chi connectivity index (χ3v) is 1.49. The van der Waals surface area contributed by atoms with Gasteiger partial charge in [0, 0.05) is 18.0 Å². The molecule has 0 aliphatic heterocycles. The molecule has 1 aromatic heterocycles. The van der Waals surface area contributed by atoms with E-state index in [-0.39, 0.29) is 0 Å². The number of hydrogen-bond donors (Lipinski definition) is 1. The quantitative estimate of drug-likeness (QED) is 0.329. The lowest BCUT2D eigenvalue weighted by molar-refractivity contribution is 0.0526. The second-order valence-corrected chi connectivity index (χ2v) is 2.51. The van der Waals surface area contributed by atoms with Crippen molar-refractivity contribution < 1.29 is 9.53 Å². The maximum Gasteiger partial charge on any atom is 0.339 e. The summed E-state index contributed by atoms with van der Waals surface area (Å²) in [5.41, 5.74) is 1.06. The minimum atomic E-state index is -0.396. The zero-order valence-electron chi connectivity index (χ0n) is 7.80. The molecule has 0 amide bonds. The summed E-state index contributed by atoms with van der Waals surface area (Å²) in [7, 11) is 0. The fourth-order valence-corrected chi connectivity index (χ4v) is 0.940. The highest BCUT2D eigenvalue weighted by molar-refractivity contribution is 5.91. The summed E-state index contributed by atoms with van der Waals surface area (Å²) in [5.74, 6) is 4.57. The lowest BCUT2D eigenvalue weighted by Crippen LogP contribution is -2.05. The van der Waals surface area contributed by atoms with Crippen molar-refractivity contribution in [3.63, 3.8) is 0 Å². The van der Waals surface area contributed by atoms with Crippen LogP contribution in [0, 0.1) is 0 Å². The zero-order valence-corrected chi connectivity index (χ0v) is 7.80. The van der Waals surface area contributed by atoms with E-state index in [2.05, 4.69) is 10.1 Å². The standard InChI is InChI=1S/C9H11N3O2/c1-2-14-9(13)8-3-7(5-12-10)4-11-6-8/h3-6H,2,10H2,1H3. The average molecular weight is 193 g/mol. The minimum Gasteiger partial charge on any atom is -0.462 e. The number of ether oxygens (including phenoxy) is 1. The molecular weight excluding hydrogens is 182 g/mol. The van der Waals surface area contributed by atoms with Gasteiger partial charge in [-0.2, -0.15) is 5.10 Å². The third-order valence-electron chi connectivity index (χ3n) is 1.49. The van der Waals surface area contributed by atoms with Crippen LogP contribution in [0.15, 0.2) is 23.6 Å². The molecule has 0 spiro atoms. The molecule has 0 radical (unpaired) electrons. The fraction of sp³-hybridized carbons (Fsp3) is 0.222. The molecule has 1 heterocycles. The van der Waals surface area contributed by atoms with Crippen molar-refractivity contribution in [2.24, 2.45) is 10.9 Å². The molecule has 0 fully saturated rings. The highest BCUT2D eigenvalue weighted by Crippen LogP contribution is 2.02. The van der Waals surface area contributed by atoms with E-state index < -0.39 is 5.97 Å². The Bertz CT molecular complexity index is 350. The Balaban J connectivity index is 2.87. The van der Waals surface area contributed by atoms with E-state index in [0.29, 0.717) is 17.7 Å². The highest BCUT2D eigenvalue weighted by Gasteiger charge is 2.06. The molecule has 5 heteroatoms. The summed E-state index contributed by atoms with van der Waals surface area (Å²) in [5, 5.41) is 3.34. The van der Waals surface area contributed by atoms with Crippen molar-refractivity contribution in [2.75, 3.05) is 6.61 Å². The molecule has 0 atom stereocenters. The van der Waals surface area contributed by atoms with Crippen LogP contribution in [0.3, 0.4) is 0 Å². The molecule has 2 N–H and O–H groups in total. The van der Waals surface area contributed by atoms with Crippen molar-refractivity contribution in [2.45, 2.75) is 6.92 Å². The van der Waals surface area contributed by atoms with Crippen LogP contribution in [-0.2, 0) is 4.74 Å². The smallest absolute Gasteiger partial charge is 0.339 e. The van der Waals surface area contributed by atoms with Crippen molar-refractivity contribution in [1.82, 2.24) is 4.98 Å². The van der Waals surface area contributed by atoms with E-state index >= 15 is 0 Å². The zero-order chi connectivity index (χ0) is 10.4. The van der Waals surface area contributed by atoms with Gasteiger partial charge in [-0.15, -0.1) is 0 Å². The lowest BCUT2D eigenvalue weighted by atomic mass is 10.2. The van der Waals surface area contributed by atoms with Crippen LogP contribution in [0.1, 0.15) is 22.8 Å². The molecule has 0 aromatic carbocycles. The molecule has 0 aliphatic carbocycles. The number of carbonyl (C=O) groups excluding carboxylic acids is 1. The van der Waals surface area contributed by atoms with E-state index in [0.717, 1.165) is 0 Å². The summed E-state index contributed by atoms with van der Waals surface area (Å²) in [6.07, 6.45) is 4.40. The topological polar surface area (TPSA) is 77.6 Å². The first kappa shape index (κ1) is 10.2. The Hall–Kier alpha value is -1.91. The first-order chi connectivity index (χ1) is 6.77. The summed E-state index contributed by atoms with van der Waals surface area (Å²) in [6.45, 7) is 2.09. The van der Waals surface area contributed by atoms with Gasteiger partial charge >= 0.3 is 5.97 Å². The molecule has 0 saturated heterocycles. The lowest BCUT2D eigenvalue weighted by Gasteiger charge is -2.01. The minimum absolute atomic E-state index is 0.341. The molecule has 0 unspecified atom stereocenters. The van der Waals surface area contributed by atoms with Crippen LogP contribution in [-0.4, -0.2) is 23.8 Å². The Labute approximate surface area is 81.6 Å². The second-order valence-electron chi connectivity index (χ2n) is 2.51. The number of carbonyl (C=O) groups is 1. The van der Waals surface area contributed by atoms with Crippen LogP contribution in [0.4, 0.5) is 0 Å². The summed E-state index contributed by atoms with van der Waals surface area (Å²) < 4.78 is 4.81. The van der Waals surface area contributed by atoms with Crippen molar-refractivity contribution >= 4 is 12.2 Å². The largest absolute Gasteiger partial charge is 0.462 e. The summed E-state index contributed by atoms with van der Waals surface area (Å²) >= 11 is 0. The van der Waals surface area contributed by atoms with E-state index in [9.17, 15) is 4.79 Å². The predicted octanol–water partition coefficient (Wildman–Crippen LogP) is 0.551. The number of nitrogens with zero attached hydrogens (tertiary/aromatic N) is 2. The van der Waals surface area contributed by atoms with E-state index in [4.69, 9.17) is 10.6 Å². The first-order valence-corrected chi connectivity index (χ1v) is 4.13. The van der Waals surface area contributed by atoms with Gasteiger partial charge in [-0.05, 0) is 13.0 Å². The van der Waals surface area contributed by atoms with Gasteiger partial charge in [-0.25, -0.2) is 4.79 Å². The Morgan fingerprint density at radius 1 is 1.71 bits per heavy atom. The molecule has 0 aliphatic rings. The molecule has 1 rings (SSSR count). The van der Waals surface area contributed by atoms with E-state index in [1.54, 1.807) is 19.2 Å². The van der Waals surface area contributed by atoms with Gasteiger partial charge in [0.1, 0.15) is 0 Å². The number of aromatic nitrogens is 1. The number of hydrogen-bond acceptors (Lipinski definition) is 5. The van der Waals surface area contributed by atoms with Crippen LogP contribution < -0.4 is 5.84 Å². The maximum absolute atomic E-state index is 11.3. The van der Waals surface area contributed by atoms with Crippen LogP contribution in [0.5, 0.6) is 0 Å². The van der Waals surface area contributed by atoms with Gasteiger partial charge < -0.3 is 10.6 Å². The van der Waals surface area contributed by atoms with Gasteiger partial charge in [-0.1, -0.05) is 0 Å². The summed E-state index contributed by atoms with van der Waals surface area (Å²) in [6, 6.07) is 1.61. The molecule has 74 valence electrons. The second kappa shape index (κ2) is 4.96. The number of pyridine rings is 1. The van der Waals surface area contributed by atoms with Crippen molar-refractivity contribution in [3.05, 3.63) is 29.6 Å². The van der Waals surface area contributed by atoms with Crippen LogP contribution in [0.2, 0.25) is 0 Å². The van der Waals surface area contributed by atoms with Gasteiger partial charge in [-0.3, -0.25) is 4.98 Å². The van der Waals surface area contributed by atoms with Gasteiger partial charge in [0.25, 0.3) is 0 Å². The van der Waals surface area contributed by atoms with E-state index in [1.807, 2.05) is 0 Å². The molecule has 14 heavy (non-hydrogen) atoms. The Kier molecular flexibility index (Phi) is 3.60. The Morgan fingerprint density at radius 2 is 2.50 bits per heavy atom. The summed E-state index contributed by atoms with van der Waals surface area (Å²) in [4.78, 5) is 15.1. The van der Waals surface area contributed by atoms with Gasteiger partial charge in [0.15, 0.2) is 0 Å². The molecule has 0 saturated carbocycles. The highest BCUT2D eigenvalue weighted by atomic mass is 16.5. The molecule has 0 bridgehead atoms. The normalized spacial score (nSPS) is 10.4. The van der Waals surface area contributed by atoms with Crippen molar-refractivity contribution in [3.8, 4) is 0 Å². The molecule has 1 aromatic rings. The Morgan fingerprint density at radius 3 is 3.14 bits per heavy atom. The third kappa shape index (κ3) is 2.55. The first-order valence-electron chi connectivity index (χ1n) is 4.13. The van der Waals surface area contributed by atoms with Crippen LogP contribution in [0.25, 0.3) is 0 Å². The number of rotatable bonds is 3. The number of hydrazone groups is 1. The maximum atomic E-state index is 11.3. The molecule has 5 nitrogen and oxygen atoms in total. The number of nitrogens with two attached hydrogens (primary N) is 1.